The molecule has 0 aromatic carbocycles. The maximum atomic E-state index is 12.6. The highest BCUT2D eigenvalue weighted by Crippen LogP contribution is 2.15. The summed E-state index contributed by atoms with van der Waals surface area (Å²) < 4.78 is 1.74. The number of pyridine rings is 1. The van der Waals surface area contributed by atoms with Crippen LogP contribution < -0.4 is 10.9 Å². The molecule has 0 saturated carbocycles. The van der Waals surface area contributed by atoms with Crippen molar-refractivity contribution in [1.29, 1.82) is 0 Å². The first kappa shape index (κ1) is 17.2. The van der Waals surface area contributed by atoms with E-state index in [2.05, 4.69) is 10.2 Å². The van der Waals surface area contributed by atoms with Crippen LogP contribution in [0.15, 0.2) is 23.1 Å². The number of amides is 1. The van der Waals surface area contributed by atoms with Crippen LogP contribution >= 0.6 is 0 Å². The molecule has 0 spiro atoms. The molecular formula is C18H28N4O2. The smallest absolute Gasteiger partial charge is 0.250 e. The highest BCUT2D eigenvalue weighted by atomic mass is 16.2. The molecule has 2 aliphatic rings. The van der Waals surface area contributed by atoms with Gasteiger partial charge in [-0.2, -0.15) is 0 Å². The van der Waals surface area contributed by atoms with Crippen LogP contribution in [-0.2, 0) is 17.9 Å². The van der Waals surface area contributed by atoms with Gasteiger partial charge in [-0.25, -0.2) is 0 Å². The third-order valence-corrected chi connectivity index (χ3v) is 5.12. The Balaban J connectivity index is 1.51. The number of hydrogen-bond acceptors (Lipinski definition) is 4. The molecule has 1 amide bonds. The Labute approximate surface area is 143 Å². The lowest BCUT2D eigenvalue weighted by Gasteiger charge is -2.37. The van der Waals surface area contributed by atoms with Gasteiger partial charge in [0.2, 0.25) is 5.91 Å². The standard InChI is InChI=1S/C18H28N4O2/c1-2-21-14-15(5-6-17(21)23)13-20-8-10-22(11-9-20)18(24)16-4-3-7-19-12-16/h5-6,14,16,19H,2-4,7-13H2,1H3/t16-/m1/s1. The van der Waals surface area contributed by atoms with E-state index < -0.39 is 0 Å². The minimum Gasteiger partial charge on any atom is -0.340 e. The molecule has 3 heterocycles. The molecule has 1 atom stereocenters. The normalized spacial score (nSPS) is 22.5. The number of rotatable bonds is 4. The Morgan fingerprint density at radius 1 is 1.25 bits per heavy atom. The quantitative estimate of drug-likeness (QED) is 0.873. The highest BCUT2D eigenvalue weighted by molar-refractivity contribution is 5.79. The lowest BCUT2D eigenvalue weighted by atomic mass is 9.98. The minimum absolute atomic E-state index is 0.0535. The number of nitrogens with zero attached hydrogens (tertiary/aromatic N) is 3. The SMILES string of the molecule is CCn1cc(CN2CCN(C(=O)[C@@H]3CCCNC3)CC2)ccc1=O. The maximum Gasteiger partial charge on any atom is 0.250 e. The van der Waals surface area contributed by atoms with E-state index in [4.69, 9.17) is 0 Å². The fourth-order valence-electron chi connectivity index (χ4n) is 3.63. The van der Waals surface area contributed by atoms with E-state index in [0.29, 0.717) is 12.5 Å². The van der Waals surface area contributed by atoms with Crippen molar-refractivity contribution in [2.75, 3.05) is 39.3 Å². The van der Waals surface area contributed by atoms with Crippen molar-refractivity contribution >= 4 is 5.91 Å². The van der Waals surface area contributed by atoms with E-state index in [0.717, 1.165) is 64.2 Å². The number of carbonyl (C=O) groups is 1. The van der Waals surface area contributed by atoms with Gasteiger partial charge in [0.25, 0.3) is 5.56 Å². The van der Waals surface area contributed by atoms with Crippen LogP contribution in [0.3, 0.4) is 0 Å². The number of piperidine rings is 1. The molecule has 0 unspecified atom stereocenters. The van der Waals surface area contributed by atoms with Crippen molar-refractivity contribution in [2.24, 2.45) is 5.92 Å². The average Bonchev–Trinajstić information content (AvgIpc) is 2.64. The summed E-state index contributed by atoms with van der Waals surface area (Å²) in [4.78, 5) is 28.6. The van der Waals surface area contributed by atoms with Crippen LogP contribution in [0.2, 0.25) is 0 Å². The number of aryl methyl sites for hydroxylation is 1. The zero-order valence-corrected chi connectivity index (χ0v) is 14.5. The van der Waals surface area contributed by atoms with Gasteiger partial charge in [-0.15, -0.1) is 0 Å². The Kier molecular flexibility index (Phi) is 5.68. The van der Waals surface area contributed by atoms with Gasteiger partial charge in [-0.05, 0) is 31.9 Å². The van der Waals surface area contributed by atoms with Gasteiger partial charge in [0.1, 0.15) is 0 Å². The second-order valence-electron chi connectivity index (χ2n) is 6.81. The van der Waals surface area contributed by atoms with Crippen LogP contribution in [0, 0.1) is 5.92 Å². The number of carbonyl (C=O) groups excluding carboxylic acids is 1. The van der Waals surface area contributed by atoms with E-state index in [1.807, 2.05) is 24.1 Å². The van der Waals surface area contributed by atoms with E-state index in [1.165, 1.54) is 0 Å². The van der Waals surface area contributed by atoms with Crippen LogP contribution in [0.25, 0.3) is 0 Å². The van der Waals surface area contributed by atoms with Crippen molar-refractivity contribution in [1.82, 2.24) is 19.7 Å². The monoisotopic (exact) mass is 332 g/mol. The van der Waals surface area contributed by atoms with Crippen molar-refractivity contribution in [3.63, 3.8) is 0 Å². The van der Waals surface area contributed by atoms with Crippen molar-refractivity contribution in [2.45, 2.75) is 32.9 Å². The molecule has 1 aromatic rings. The largest absolute Gasteiger partial charge is 0.340 e. The Hall–Kier alpha value is -1.66. The van der Waals surface area contributed by atoms with E-state index in [9.17, 15) is 9.59 Å². The lowest BCUT2D eigenvalue weighted by molar-refractivity contribution is -0.137. The second kappa shape index (κ2) is 7.94. The van der Waals surface area contributed by atoms with Gasteiger partial charge in [-0.3, -0.25) is 14.5 Å². The molecule has 6 heteroatoms. The second-order valence-corrected chi connectivity index (χ2v) is 6.81. The molecule has 1 N–H and O–H groups in total. The van der Waals surface area contributed by atoms with Crippen LogP contribution in [0.5, 0.6) is 0 Å². The fourth-order valence-corrected chi connectivity index (χ4v) is 3.63. The summed E-state index contributed by atoms with van der Waals surface area (Å²) in [6, 6.07) is 3.56. The molecule has 24 heavy (non-hydrogen) atoms. The van der Waals surface area contributed by atoms with Crippen molar-refractivity contribution in [3.05, 3.63) is 34.2 Å². The van der Waals surface area contributed by atoms with Crippen molar-refractivity contribution < 1.29 is 4.79 Å². The first-order valence-corrected chi connectivity index (χ1v) is 9.08. The van der Waals surface area contributed by atoms with Gasteiger partial charge in [-0.1, -0.05) is 6.07 Å². The first-order chi connectivity index (χ1) is 11.7. The summed E-state index contributed by atoms with van der Waals surface area (Å²) in [6.07, 6.45) is 4.07. The molecule has 2 fully saturated rings. The van der Waals surface area contributed by atoms with E-state index in [1.54, 1.807) is 10.6 Å². The third-order valence-electron chi connectivity index (χ3n) is 5.12. The predicted octanol–water partition coefficient (Wildman–Crippen LogP) is 0.512. The summed E-state index contributed by atoms with van der Waals surface area (Å²) in [5.41, 5.74) is 1.21. The number of hydrogen-bond donors (Lipinski definition) is 1. The van der Waals surface area contributed by atoms with E-state index in [-0.39, 0.29) is 11.5 Å². The van der Waals surface area contributed by atoms with Crippen LogP contribution in [-0.4, -0.2) is 59.5 Å². The Morgan fingerprint density at radius 2 is 2.04 bits per heavy atom. The molecule has 3 rings (SSSR count). The molecule has 132 valence electrons. The number of piperazine rings is 1. The zero-order valence-electron chi connectivity index (χ0n) is 14.5. The lowest BCUT2D eigenvalue weighted by Crippen LogP contribution is -2.51. The molecule has 0 bridgehead atoms. The van der Waals surface area contributed by atoms with Crippen LogP contribution in [0.4, 0.5) is 0 Å². The van der Waals surface area contributed by atoms with Gasteiger partial charge < -0.3 is 14.8 Å². The fraction of sp³-hybridized carbons (Fsp3) is 0.667. The summed E-state index contributed by atoms with van der Waals surface area (Å²) in [5.74, 6) is 0.486. The third kappa shape index (κ3) is 4.05. The van der Waals surface area contributed by atoms with Gasteiger partial charge in [0.05, 0.1) is 5.92 Å². The van der Waals surface area contributed by atoms with Gasteiger partial charge in [0.15, 0.2) is 0 Å². The first-order valence-electron chi connectivity index (χ1n) is 9.08. The average molecular weight is 332 g/mol. The molecule has 1 aromatic heterocycles. The summed E-state index contributed by atoms with van der Waals surface area (Å²) in [6.45, 7) is 8.81. The summed E-state index contributed by atoms with van der Waals surface area (Å²) >= 11 is 0. The Bertz CT molecular complexity index is 614. The van der Waals surface area contributed by atoms with Gasteiger partial charge in [0, 0.05) is 58.1 Å². The van der Waals surface area contributed by atoms with Crippen LogP contribution in [0.1, 0.15) is 25.3 Å². The Morgan fingerprint density at radius 3 is 2.71 bits per heavy atom. The number of nitrogens with one attached hydrogen (secondary N) is 1. The molecule has 2 saturated heterocycles. The topological polar surface area (TPSA) is 57.6 Å². The molecular weight excluding hydrogens is 304 g/mol. The molecule has 2 aliphatic heterocycles. The van der Waals surface area contributed by atoms with E-state index >= 15 is 0 Å². The predicted molar refractivity (Wildman–Crippen MR) is 93.8 cm³/mol. The van der Waals surface area contributed by atoms with Crippen molar-refractivity contribution in [3.8, 4) is 0 Å². The number of aromatic nitrogens is 1. The minimum atomic E-state index is 0.0535. The zero-order chi connectivity index (χ0) is 16.9. The maximum absolute atomic E-state index is 12.6. The summed E-state index contributed by atoms with van der Waals surface area (Å²) in [7, 11) is 0. The molecule has 0 radical (unpaired) electrons. The molecule has 0 aliphatic carbocycles. The van der Waals surface area contributed by atoms with Gasteiger partial charge >= 0.3 is 0 Å². The summed E-state index contributed by atoms with van der Waals surface area (Å²) in [5, 5.41) is 3.33. The molecule has 6 nitrogen and oxygen atoms in total. The highest BCUT2D eigenvalue weighted by Gasteiger charge is 2.28.